The van der Waals surface area contributed by atoms with Crippen LogP contribution in [-0.4, -0.2) is 16.7 Å². The molecule has 0 radical (unpaired) electrons. The number of nitrogens with zero attached hydrogens (tertiary/aromatic N) is 1. The minimum Gasteiger partial charge on any atom is -0.426 e. The van der Waals surface area contributed by atoms with Crippen molar-refractivity contribution in [3.63, 3.8) is 0 Å². The van der Waals surface area contributed by atoms with Gasteiger partial charge in [-0.25, -0.2) is 0 Å². The highest BCUT2D eigenvalue weighted by molar-refractivity contribution is 6.06. The van der Waals surface area contributed by atoms with Gasteiger partial charge in [0.1, 0.15) is 0 Å². The molecule has 4 heteroatoms. The fraction of sp³-hybridized carbons (Fsp3) is 0.300. The fourth-order valence-corrected chi connectivity index (χ4v) is 2.88. The molecule has 1 unspecified atom stereocenters. The second kappa shape index (κ2) is 5.48. The predicted molar refractivity (Wildman–Crippen MR) is 91.5 cm³/mol. The van der Waals surface area contributed by atoms with Crippen molar-refractivity contribution in [2.45, 2.75) is 33.4 Å². The lowest BCUT2D eigenvalue weighted by Gasteiger charge is -2.39. The highest BCUT2D eigenvalue weighted by Gasteiger charge is 2.56. The number of rotatable bonds is 2. The number of ether oxygens (including phenoxy) is 1. The molecule has 1 aromatic carbocycles. The zero-order valence-electron chi connectivity index (χ0n) is 14.4. The van der Waals surface area contributed by atoms with E-state index in [1.807, 2.05) is 48.6 Å². The average Bonchev–Trinajstić information content (AvgIpc) is 2.78. The van der Waals surface area contributed by atoms with Gasteiger partial charge in [-0.1, -0.05) is 36.4 Å². The molecule has 2 heterocycles. The van der Waals surface area contributed by atoms with Gasteiger partial charge < -0.3 is 4.74 Å². The lowest BCUT2D eigenvalue weighted by atomic mass is 9.93. The van der Waals surface area contributed by atoms with Crippen molar-refractivity contribution >= 4 is 11.8 Å². The van der Waals surface area contributed by atoms with Crippen molar-refractivity contribution < 1.29 is 14.3 Å². The summed E-state index contributed by atoms with van der Waals surface area (Å²) in [7, 11) is 0. The number of carbonyl (C=O) groups is 2. The lowest BCUT2D eigenvalue weighted by molar-refractivity contribution is -0.188. The maximum absolute atomic E-state index is 13.2. The Balaban J connectivity index is 2.18. The van der Waals surface area contributed by atoms with Crippen LogP contribution in [0, 0.1) is 5.41 Å². The molecule has 24 heavy (non-hydrogen) atoms. The van der Waals surface area contributed by atoms with Crippen LogP contribution in [-0.2, 0) is 20.1 Å². The minimum absolute atomic E-state index is 0.211. The fourth-order valence-electron chi connectivity index (χ4n) is 2.88. The van der Waals surface area contributed by atoms with Crippen LogP contribution in [0.5, 0.6) is 0 Å². The van der Waals surface area contributed by atoms with E-state index in [2.05, 4.69) is 0 Å². The van der Waals surface area contributed by atoms with Crippen LogP contribution in [0.15, 0.2) is 66.0 Å². The predicted octanol–water partition coefficient (Wildman–Crippen LogP) is 3.67. The van der Waals surface area contributed by atoms with Crippen LogP contribution < -0.4 is 0 Å². The summed E-state index contributed by atoms with van der Waals surface area (Å²) in [4.78, 5) is 27.6. The van der Waals surface area contributed by atoms with Gasteiger partial charge in [-0.05, 0) is 39.8 Å². The van der Waals surface area contributed by atoms with Gasteiger partial charge in [0, 0.05) is 17.3 Å². The number of hydrogen-bond donors (Lipinski definition) is 0. The first-order valence-electron chi connectivity index (χ1n) is 7.97. The molecule has 0 saturated carbocycles. The molecule has 0 aliphatic carbocycles. The molecule has 1 aromatic rings. The normalized spacial score (nSPS) is 22.8. The van der Waals surface area contributed by atoms with Crippen molar-refractivity contribution in [2.75, 3.05) is 0 Å². The summed E-state index contributed by atoms with van der Waals surface area (Å²) in [6.45, 7) is 7.10. The van der Waals surface area contributed by atoms with Crippen molar-refractivity contribution in [3.8, 4) is 0 Å². The molecule has 0 N–H and O–H groups in total. The summed E-state index contributed by atoms with van der Waals surface area (Å²) in [5.41, 5.74) is -0.212. The molecule has 4 nitrogen and oxygen atoms in total. The second-order valence-electron chi connectivity index (χ2n) is 7.06. The monoisotopic (exact) mass is 323 g/mol. The number of ketones is 1. The largest absolute Gasteiger partial charge is 0.426 e. The van der Waals surface area contributed by atoms with E-state index < -0.39 is 17.1 Å². The molecule has 124 valence electrons. The maximum Gasteiger partial charge on any atom is 0.314 e. The Morgan fingerprint density at radius 3 is 2.42 bits per heavy atom. The molecule has 2 aliphatic heterocycles. The quantitative estimate of drug-likeness (QED) is 0.779. The molecular formula is C20H21NO3. The zero-order chi connectivity index (χ0) is 17.5. The van der Waals surface area contributed by atoms with Crippen LogP contribution in [0.3, 0.4) is 0 Å². The highest BCUT2D eigenvalue weighted by Crippen LogP contribution is 2.45. The number of carbonyl (C=O) groups excluding carboxylic acids is 2. The van der Waals surface area contributed by atoms with Crippen molar-refractivity contribution in [1.29, 1.82) is 0 Å². The van der Waals surface area contributed by atoms with Gasteiger partial charge in [-0.15, -0.1) is 0 Å². The van der Waals surface area contributed by atoms with E-state index in [1.165, 1.54) is 0 Å². The Morgan fingerprint density at radius 2 is 1.79 bits per heavy atom. The molecule has 0 spiro atoms. The van der Waals surface area contributed by atoms with Gasteiger partial charge in [0.15, 0.2) is 0 Å². The van der Waals surface area contributed by atoms with Gasteiger partial charge in [-0.3, -0.25) is 14.5 Å². The molecule has 0 amide bonds. The smallest absolute Gasteiger partial charge is 0.314 e. The molecule has 0 fully saturated rings. The molecule has 0 aromatic heterocycles. The van der Waals surface area contributed by atoms with Crippen LogP contribution in [0.2, 0.25) is 0 Å². The van der Waals surface area contributed by atoms with Gasteiger partial charge in [-0.2, -0.15) is 0 Å². The van der Waals surface area contributed by atoms with E-state index in [4.69, 9.17) is 4.74 Å². The number of allylic oxidation sites excluding steroid dienone is 3. The number of esters is 1. The third-order valence-electron chi connectivity index (χ3n) is 4.25. The van der Waals surface area contributed by atoms with E-state index in [1.54, 1.807) is 38.8 Å². The van der Waals surface area contributed by atoms with E-state index >= 15 is 0 Å². The van der Waals surface area contributed by atoms with Crippen LogP contribution in [0.4, 0.5) is 0 Å². The Labute approximate surface area is 142 Å². The van der Waals surface area contributed by atoms with Crippen LogP contribution >= 0.6 is 0 Å². The SMILES string of the molecule is CC1=C2C=CC=CN2C(OC(=O)C(C)(C)C)(c2ccccc2)C1=O. The number of Topliss-reactive ketones (excluding diaryl/α,β-unsaturated/α-hetero) is 1. The third kappa shape index (κ3) is 2.30. The summed E-state index contributed by atoms with van der Waals surface area (Å²) in [6, 6.07) is 9.18. The Bertz CT molecular complexity index is 781. The number of benzene rings is 1. The van der Waals surface area contributed by atoms with Crippen molar-refractivity contribution in [2.24, 2.45) is 5.41 Å². The minimum atomic E-state index is -1.48. The molecule has 0 saturated heterocycles. The van der Waals surface area contributed by atoms with Gasteiger partial charge in [0.05, 0.1) is 11.1 Å². The summed E-state index contributed by atoms with van der Waals surface area (Å²) in [5.74, 6) is -0.630. The van der Waals surface area contributed by atoms with E-state index in [9.17, 15) is 9.59 Å². The second-order valence-corrected chi connectivity index (χ2v) is 7.06. The molecule has 3 rings (SSSR count). The number of hydrogen-bond acceptors (Lipinski definition) is 4. The highest BCUT2D eigenvalue weighted by atomic mass is 16.6. The van der Waals surface area contributed by atoms with Gasteiger partial charge >= 0.3 is 5.97 Å². The van der Waals surface area contributed by atoms with E-state index in [0.29, 0.717) is 11.1 Å². The summed E-state index contributed by atoms with van der Waals surface area (Å²) < 4.78 is 5.91. The first-order chi connectivity index (χ1) is 11.3. The third-order valence-corrected chi connectivity index (χ3v) is 4.25. The Morgan fingerprint density at radius 1 is 1.12 bits per heavy atom. The summed E-state index contributed by atoms with van der Waals surface area (Å²) in [5, 5.41) is 0. The summed E-state index contributed by atoms with van der Waals surface area (Å²) >= 11 is 0. The Kier molecular flexibility index (Phi) is 3.71. The topological polar surface area (TPSA) is 46.6 Å². The standard InChI is InChI=1S/C20H21NO3/c1-14-16-12-8-9-13-21(16)20(17(14)22,15-10-6-5-7-11-15)24-18(23)19(2,3)4/h5-13H,1-4H3. The average molecular weight is 323 g/mol. The zero-order valence-corrected chi connectivity index (χ0v) is 14.4. The maximum atomic E-state index is 13.2. The number of fused-ring (bicyclic) bond motifs is 1. The molecule has 1 atom stereocenters. The molecule has 2 aliphatic rings. The lowest BCUT2D eigenvalue weighted by Crippen LogP contribution is -2.50. The molecular weight excluding hydrogens is 302 g/mol. The van der Waals surface area contributed by atoms with E-state index in [-0.39, 0.29) is 5.78 Å². The van der Waals surface area contributed by atoms with Crippen molar-refractivity contribution in [1.82, 2.24) is 4.90 Å². The van der Waals surface area contributed by atoms with Gasteiger partial charge in [0.2, 0.25) is 5.78 Å². The van der Waals surface area contributed by atoms with Crippen LogP contribution in [0.1, 0.15) is 33.3 Å². The molecule has 0 bridgehead atoms. The van der Waals surface area contributed by atoms with Crippen LogP contribution in [0.25, 0.3) is 0 Å². The summed E-state index contributed by atoms with van der Waals surface area (Å²) in [6.07, 6.45) is 7.35. The first kappa shape index (κ1) is 16.2. The first-order valence-corrected chi connectivity index (χ1v) is 7.97. The Hall–Kier alpha value is -2.62. The van der Waals surface area contributed by atoms with Crippen molar-refractivity contribution in [3.05, 3.63) is 71.6 Å². The van der Waals surface area contributed by atoms with Gasteiger partial charge in [0.25, 0.3) is 5.72 Å². The van der Waals surface area contributed by atoms with E-state index in [0.717, 1.165) is 5.70 Å².